The summed E-state index contributed by atoms with van der Waals surface area (Å²) in [5.74, 6) is -0.676. The average molecular weight is 553 g/mol. The molecule has 2 aliphatic heterocycles. The van der Waals surface area contributed by atoms with E-state index >= 15 is 0 Å². The maximum atomic E-state index is 13.6. The number of hydrogen-bond acceptors (Lipinski definition) is 8. The quantitative estimate of drug-likeness (QED) is 0.439. The highest BCUT2D eigenvalue weighted by Gasteiger charge is 2.75. The minimum atomic E-state index is -2.49. The van der Waals surface area contributed by atoms with Gasteiger partial charge in [-0.2, -0.15) is 10.1 Å². The predicted molar refractivity (Wildman–Crippen MR) is 145 cm³/mol. The van der Waals surface area contributed by atoms with Gasteiger partial charge in [-0.15, -0.1) is 0 Å². The molecular formula is C28H34F2N8O2. The van der Waals surface area contributed by atoms with Gasteiger partial charge in [-0.1, -0.05) is 12.1 Å². The molecule has 0 unspecified atom stereocenters. The molecule has 1 amide bonds. The first-order valence-electron chi connectivity index (χ1n) is 13.8. The van der Waals surface area contributed by atoms with Gasteiger partial charge < -0.3 is 20.7 Å². The maximum Gasteiger partial charge on any atom is 0.254 e. The van der Waals surface area contributed by atoms with Crippen LogP contribution in [0.5, 0.6) is 5.75 Å². The number of methoxy groups -OCH3 is 1. The molecule has 2 spiro atoms. The van der Waals surface area contributed by atoms with E-state index in [0.717, 1.165) is 49.6 Å². The van der Waals surface area contributed by atoms with Crippen LogP contribution in [0.4, 0.5) is 20.5 Å². The molecule has 2 saturated carbocycles. The summed E-state index contributed by atoms with van der Waals surface area (Å²) in [6.45, 7) is 7.20. The number of carbonyl (C=O) groups excluding carboxylic acids is 1. The molecule has 0 bridgehead atoms. The van der Waals surface area contributed by atoms with Gasteiger partial charge in [-0.25, -0.2) is 13.8 Å². The summed E-state index contributed by atoms with van der Waals surface area (Å²) in [4.78, 5) is 24.6. The Labute approximate surface area is 230 Å². The molecule has 0 radical (unpaired) electrons. The molecule has 2 saturated heterocycles. The average Bonchev–Trinajstić information content (AvgIpc) is 3.20. The normalized spacial score (nSPS) is 25.9. The molecule has 0 atom stereocenters. The fourth-order valence-corrected chi connectivity index (χ4v) is 7.15. The van der Waals surface area contributed by atoms with Crippen molar-refractivity contribution in [3.8, 4) is 5.75 Å². The van der Waals surface area contributed by atoms with Crippen molar-refractivity contribution in [1.29, 1.82) is 0 Å². The van der Waals surface area contributed by atoms with Crippen LogP contribution in [0, 0.1) is 16.7 Å². The first-order chi connectivity index (χ1) is 19.1. The minimum absolute atomic E-state index is 0.0211. The smallest absolute Gasteiger partial charge is 0.254 e. The topological polar surface area (TPSA) is 114 Å². The van der Waals surface area contributed by atoms with Crippen molar-refractivity contribution in [3.63, 3.8) is 0 Å². The lowest BCUT2D eigenvalue weighted by Gasteiger charge is -2.60. The van der Waals surface area contributed by atoms with E-state index in [1.54, 1.807) is 20.2 Å². The second kappa shape index (κ2) is 8.73. The molecule has 2 aromatic heterocycles. The summed E-state index contributed by atoms with van der Waals surface area (Å²) in [7, 11) is 1.67. The number of anilines is 2. The highest BCUT2D eigenvalue weighted by Crippen LogP contribution is 2.72. The number of likely N-dealkylation sites (tertiary alicyclic amines) is 2. The number of fused-ring (bicyclic) bond motifs is 1. The summed E-state index contributed by atoms with van der Waals surface area (Å²) in [5.41, 5.74) is 8.95. The Kier molecular flexibility index (Phi) is 5.55. The van der Waals surface area contributed by atoms with Crippen molar-refractivity contribution < 1.29 is 18.3 Å². The van der Waals surface area contributed by atoms with Crippen molar-refractivity contribution in [2.45, 2.75) is 45.2 Å². The van der Waals surface area contributed by atoms with E-state index in [-0.39, 0.29) is 29.6 Å². The fourth-order valence-electron chi connectivity index (χ4n) is 7.15. The zero-order chi connectivity index (χ0) is 27.9. The third-order valence-electron chi connectivity index (χ3n) is 9.33. The second-order valence-corrected chi connectivity index (χ2v) is 12.4. The lowest BCUT2D eigenvalue weighted by Crippen LogP contribution is -2.72. The molecular weight excluding hydrogens is 518 g/mol. The molecule has 3 N–H and O–H groups in total. The van der Waals surface area contributed by atoms with Crippen molar-refractivity contribution >= 4 is 28.7 Å². The number of alkyl halides is 2. The third kappa shape index (κ3) is 4.15. The SMILES string of the molecule is COc1cc(CN2CC3(C2)CN(C(C)=O)C3)ccc1Cn1ncc2nc(N)nc(NCC3CC4(C3)CC4(F)F)c21. The van der Waals surface area contributed by atoms with Crippen LogP contribution in [0.1, 0.15) is 37.3 Å². The zero-order valence-electron chi connectivity index (χ0n) is 22.8. The molecule has 212 valence electrons. The second-order valence-electron chi connectivity index (χ2n) is 12.4. The summed E-state index contributed by atoms with van der Waals surface area (Å²) in [5, 5.41) is 7.89. The first kappa shape index (κ1) is 25.4. The number of halogens is 2. The van der Waals surface area contributed by atoms with Gasteiger partial charge in [0.05, 0.1) is 19.9 Å². The van der Waals surface area contributed by atoms with Crippen LogP contribution >= 0.6 is 0 Å². The van der Waals surface area contributed by atoms with E-state index in [9.17, 15) is 13.6 Å². The molecule has 2 aliphatic carbocycles. The largest absolute Gasteiger partial charge is 0.496 e. The van der Waals surface area contributed by atoms with E-state index in [2.05, 4.69) is 43.5 Å². The lowest BCUT2D eigenvalue weighted by atomic mass is 9.71. The number of hydrogen-bond donors (Lipinski definition) is 2. The molecule has 4 aliphatic rings. The number of benzene rings is 1. The van der Waals surface area contributed by atoms with Gasteiger partial charge in [-0.3, -0.25) is 14.4 Å². The molecule has 1 aromatic carbocycles. The van der Waals surface area contributed by atoms with Gasteiger partial charge in [0, 0.05) is 69.0 Å². The standard InChI is InChI=1S/C28H34F2N8O2/c1-17(39)37-15-26(16-37)13-36(14-26)10-18-3-4-20(22(5-18)40-2)11-38-23-21(9-33-38)34-25(31)35-24(23)32-8-19-6-27(7-19)12-28(27,29)30/h3-5,9,19H,6-8,10-16H2,1-2H3,(H3,31,32,34,35). The summed E-state index contributed by atoms with van der Waals surface area (Å²) < 4.78 is 34.8. The highest BCUT2D eigenvalue weighted by molar-refractivity contribution is 5.86. The Bertz CT molecular complexity index is 1490. The monoisotopic (exact) mass is 552 g/mol. The summed E-state index contributed by atoms with van der Waals surface area (Å²) >= 11 is 0. The number of carbonyl (C=O) groups is 1. The molecule has 40 heavy (non-hydrogen) atoms. The van der Waals surface area contributed by atoms with Crippen molar-refractivity contribution in [3.05, 3.63) is 35.5 Å². The molecule has 12 heteroatoms. The molecule has 4 fully saturated rings. The third-order valence-corrected chi connectivity index (χ3v) is 9.33. The Morgan fingerprint density at radius 2 is 1.93 bits per heavy atom. The number of amides is 1. The van der Waals surface area contributed by atoms with Gasteiger partial charge in [0.2, 0.25) is 11.9 Å². The molecule has 7 rings (SSSR count). The maximum absolute atomic E-state index is 13.6. The number of rotatable bonds is 8. The number of nitrogens with one attached hydrogen (secondary N) is 1. The first-order valence-corrected chi connectivity index (χ1v) is 13.8. The lowest BCUT2D eigenvalue weighted by molar-refractivity contribution is -0.157. The van der Waals surface area contributed by atoms with Crippen LogP contribution in [-0.4, -0.2) is 81.2 Å². The van der Waals surface area contributed by atoms with Gasteiger partial charge in [0.25, 0.3) is 5.92 Å². The van der Waals surface area contributed by atoms with Gasteiger partial charge in [-0.05, 0) is 30.4 Å². The van der Waals surface area contributed by atoms with Crippen LogP contribution < -0.4 is 15.8 Å². The van der Waals surface area contributed by atoms with Crippen molar-refractivity contribution in [1.82, 2.24) is 29.5 Å². The Hall–Kier alpha value is -3.54. The number of aromatic nitrogens is 4. The molecule has 4 heterocycles. The Morgan fingerprint density at radius 3 is 2.60 bits per heavy atom. The van der Waals surface area contributed by atoms with Crippen molar-refractivity contribution in [2.75, 3.05) is 50.9 Å². The summed E-state index contributed by atoms with van der Waals surface area (Å²) in [6.07, 6.45) is 2.76. The van der Waals surface area contributed by atoms with E-state index in [1.165, 1.54) is 5.56 Å². The summed E-state index contributed by atoms with van der Waals surface area (Å²) in [6, 6.07) is 6.25. The van der Waals surface area contributed by atoms with E-state index in [1.807, 2.05) is 9.58 Å². The Balaban J connectivity index is 1.02. The number of nitrogen functional groups attached to an aromatic ring is 1. The van der Waals surface area contributed by atoms with Crippen LogP contribution in [0.25, 0.3) is 11.0 Å². The van der Waals surface area contributed by atoms with Gasteiger partial charge in [0.1, 0.15) is 16.8 Å². The van der Waals surface area contributed by atoms with E-state index in [4.69, 9.17) is 10.5 Å². The molecule has 3 aromatic rings. The van der Waals surface area contributed by atoms with Crippen LogP contribution in [-0.2, 0) is 17.9 Å². The van der Waals surface area contributed by atoms with Gasteiger partial charge in [0.15, 0.2) is 5.82 Å². The minimum Gasteiger partial charge on any atom is -0.496 e. The Morgan fingerprint density at radius 1 is 1.18 bits per heavy atom. The van der Waals surface area contributed by atoms with E-state index < -0.39 is 11.3 Å². The molecule has 10 nitrogen and oxygen atoms in total. The van der Waals surface area contributed by atoms with Gasteiger partial charge >= 0.3 is 0 Å². The zero-order valence-corrected chi connectivity index (χ0v) is 22.8. The highest BCUT2D eigenvalue weighted by atomic mass is 19.3. The van der Waals surface area contributed by atoms with E-state index in [0.29, 0.717) is 37.3 Å². The predicted octanol–water partition coefficient (Wildman–Crippen LogP) is 2.98. The number of ether oxygens (including phenoxy) is 1. The van der Waals surface area contributed by atoms with Crippen LogP contribution in [0.2, 0.25) is 0 Å². The van der Waals surface area contributed by atoms with Crippen molar-refractivity contribution in [2.24, 2.45) is 16.7 Å². The van der Waals surface area contributed by atoms with Crippen LogP contribution in [0.15, 0.2) is 24.4 Å². The number of nitrogens with zero attached hydrogens (tertiary/aromatic N) is 6. The number of nitrogens with two attached hydrogens (primary N) is 1. The fraction of sp³-hybridized carbons (Fsp3) is 0.571. The van der Waals surface area contributed by atoms with Crippen LogP contribution in [0.3, 0.4) is 0 Å².